The summed E-state index contributed by atoms with van der Waals surface area (Å²) in [6.45, 7) is 5.08. The van der Waals surface area contributed by atoms with Gasteiger partial charge >= 0.3 is 0 Å². The molecule has 2 N–H and O–H groups in total. The molecular formula is C24H40Cl2N2. The van der Waals surface area contributed by atoms with E-state index in [1.165, 1.54) is 77.5 Å². The summed E-state index contributed by atoms with van der Waals surface area (Å²) in [7, 11) is 0. The zero-order valence-electron chi connectivity index (χ0n) is 17.2. The molecule has 4 bridgehead atoms. The Morgan fingerprint density at radius 1 is 0.536 bits per heavy atom. The van der Waals surface area contributed by atoms with Gasteiger partial charge in [-0.2, -0.15) is 0 Å². The molecule has 0 aromatic carbocycles. The molecule has 3 saturated carbocycles. The molecule has 0 aromatic rings. The highest BCUT2D eigenvalue weighted by Crippen LogP contribution is 2.44. The lowest BCUT2D eigenvalue weighted by Gasteiger charge is -2.30. The molecule has 28 heavy (non-hydrogen) atoms. The Hall–Kier alpha value is -0.0200. The zero-order chi connectivity index (χ0) is 17.3. The van der Waals surface area contributed by atoms with Crippen molar-refractivity contribution in [1.29, 1.82) is 0 Å². The van der Waals surface area contributed by atoms with E-state index in [1.807, 2.05) is 0 Å². The van der Waals surface area contributed by atoms with Crippen LogP contribution >= 0.6 is 24.8 Å². The summed E-state index contributed by atoms with van der Waals surface area (Å²) >= 11 is 0. The van der Waals surface area contributed by atoms with E-state index in [2.05, 4.69) is 34.9 Å². The maximum Gasteiger partial charge on any atom is -0.00146 e. The van der Waals surface area contributed by atoms with Crippen LogP contribution in [0.2, 0.25) is 0 Å². The number of hydrogen-bond donors (Lipinski definition) is 2. The second-order valence-corrected chi connectivity index (χ2v) is 10.3. The van der Waals surface area contributed by atoms with Gasteiger partial charge < -0.3 is 10.6 Å². The van der Waals surface area contributed by atoms with Gasteiger partial charge in [-0.25, -0.2) is 0 Å². The molecule has 3 fully saturated rings. The molecule has 5 rings (SSSR count). The smallest absolute Gasteiger partial charge is 0.00146 e. The molecule has 2 nitrogen and oxygen atoms in total. The van der Waals surface area contributed by atoms with Gasteiger partial charge in [0.1, 0.15) is 0 Å². The van der Waals surface area contributed by atoms with Crippen LogP contribution in [0.5, 0.6) is 0 Å². The average Bonchev–Trinajstić information content (AvgIpc) is 3.45. The van der Waals surface area contributed by atoms with Crippen molar-refractivity contribution in [3.63, 3.8) is 0 Å². The third-order valence-electron chi connectivity index (χ3n) is 8.48. The highest BCUT2D eigenvalue weighted by Gasteiger charge is 2.36. The lowest BCUT2D eigenvalue weighted by molar-refractivity contribution is 0.252. The number of halogens is 2. The molecule has 4 heteroatoms. The molecular weight excluding hydrogens is 387 g/mol. The molecule has 0 aliphatic heterocycles. The molecule has 6 atom stereocenters. The number of hydrogen-bond acceptors (Lipinski definition) is 2. The van der Waals surface area contributed by atoms with Crippen molar-refractivity contribution in [2.24, 2.45) is 47.3 Å². The fourth-order valence-electron chi connectivity index (χ4n) is 6.84. The second-order valence-electron chi connectivity index (χ2n) is 10.3. The van der Waals surface area contributed by atoms with Gasteiger partial charge in [0.15, 0.2) is 0 Å². The maximum absolute atomic E-state index is 3.84. The Kier molecular flexibility index (Phi) is 8.36. The van der Waals surface area contributed by atoms with E-state index in [0.717, 1.165) is 47.3 Å². The molecule has 0 heterocycles. The Morgan fingerprint density at radius 3 is 1.29 bits per heavy atom. The number of allylic oxidation sites excluding steroid dienone is 4. The zero-order valence-corrected chi connectivity index (χ0v) is 18.9. The SMILES string of the molecule is C1=CC2CC1CC2CNCC1CCC(CNCC2CC3C=CC2C3)CC1.Cl.Cl. The van der Waals surface area contributed by atoms with E-state index >= 15 is 0 Å². The Balaban J connectivity index is 0.00000112. The predicted molar refractivity (Wildman–Crippen MR) is 123 cm³/mol. The van der Waals surface area contributed by atoms with E-state index in [4.69, 9.17) is 0 Å². The first kappa shape index (κ1) is 22.7. The lowest BCUT2D eigenvalue weighted by atomic mass is 9.81. The summed E-state index contributed by atoms with van der Waals surface area (Å²) in [5.74, 6) is 7.40. The molecule has 0 spiro atoms. The monoisotopic (exact) mass is 426 g/mol. The Morgan fingerprint density at radius 2 is 0.964 bits per heavy atom. The topological polar surface area (TPSA) is 24.1 Å². The summed E-state index contributed by atoms with van der Waals surface area (Å²) in [5.41, 5.74) is 0. The number of rotatable bonds is 8. The highest BCUT2D eigenvalue weighted by molar-refractivity contribution is 5.85. The van der Waals surface area contributed by atoms with Crippen LogP contribution in [0, 0.1) is 47.3 Å². The van der Waals surface area contributed by atoms with Crippen molar-refractivity contribution in [3.05, 3.63) is 24.3 Å². The molecule has 0 amide bonds. The quantitative estimate of drug-likeness (QED) is 0.518. The van der Waals surface area contributed by atoms with Crippen molar-refractivity contribution in [3.8, 4) is 0 Å². The molecule has 0 radical (unpaired) electrons. The number of nitrogens with one attached hydrogen (secondary N) is 2. The average molecular weight is 428 g/mol. The van der Waals surface area contributed by atoms with Crippen LogP contribution in [-0.2, 0) is 0 Å². The maximum atomic E-state index is 3.84. The van der Waals surface area contributed by atoms with E-state index in [0.29, 0.717) is 0 Å². The Bertz CT molecular complexity index is 493. The van der Waals surface area contributed by atoms with Gasteiger partial charge in [-0.15, -0.1) is 24.8 Å². The van der Waals surface area contributed by atoms with Crippen LogP contribution in [0.3, 0.4) is 0 Å². The van der Waals surface area contributed by atoms with Crippen LogP contribution < -0.4 is 10.6 Å². The van der Waals surface area contributed by atoms with Crippen molar-refractivity contribution >= 4 is 24.8 Å². The third-order valence-corrected chi connectivity index (χ3v) is 8.48. The predicted octanol–water partition coefficient (Wildman–Crippen LogP) is 5.24. The van der Waals surface area contributed by atoms with Gasteiger partial charge in [0.2, 0.25) is 0 Å². The fourth-order valence-corrected chi connectivity index (χ4v) is 6.84. The highest BCUT2D eigenvalue weighted by atomic mass is 35.5. The second kappa shape index (κ2) is 10.3. The lowest BCUT2D eigenvalue weighted by Crippen LogP contribution is -2.34. The van der Waals surface area contributed by atoms with Gasteiger partial charge in [0, 0.05) is 0 Å². The normalized spacial score (nSPS) is 42.6. The van der Waals surface area contributed by atoms with Crippen LogP contribution in [0.1, 0.15) is 51.4 Å². The van der Waals surface area contributed by atoms with E-state index in [1.54, 1.807) is 0 Å². The summed E-state index contributed by atoms with van der Waals surface area (Å²) in [6.07, 6.45) is 21.5. The van der Waals surface area contributed by atoms with Gasteiger partial charge in [-0.05, 0) is 125 Å². The largest absolute Gasteiger partial charge is 0.316 e. The van der Waals surface area contributed by atoms with E-state index < -0.39 is 0 Å². The summed E-state index contributed by atoms with van der Waals surface area (Å²) < 4.78 is 0. The molecule has 5 aliphatic carbocycles. The summed E-state index contributed by atoms with van der Waals surface area (Å²) in [6, 6.07) is 0. The molecule has 6 unspecified atom stereocenters. The first-order valence-corrected chi connectivity index (χ1v) is 11.6. The van der Waals surface area contributed by atoms with Crippen LogP contribution in [0.15, 0.2) is 24.3 Å². The summed E-state index contributed by atoms with van der Waals surface area (Å²) in [5, 5.41) is 7.67. The van der Waals surface area contributed by atoms with Crippen LogP contribution in [-0.4, -0.2) is 26.2 Å². The molecule has 0 saturated heterocycles. The first-order valence-electron chi connectivity index (χ1n) is 11.6. The third kappa shape index (κ3) is 5.17. The summed E-state index contributed by atoms with van der Waals surface area (Å²) in [4.78, 5) is 0. The van der Waals surface area contributed by atoms with Gasteiger partial charge in [0.25, 0.3) is 0 Å². The van der Waals surface area contributed by atoms with Gasteiger partial charge in [-0.3, -0.25) is 0 Å². The minimum absolute atomic E-state index is 0. The molecule has 5 aliphatic rings. The van der Waals surface area contributed by atoms with Crippen molar-refractivity contribution in [1.82, 2.24) is 10.6 Å². The van der Waals surface area contributed by atoms with E-state index in [9.17, 15) is 0 Å². The van der Waals surface area contributed by atoms with Crippen molar-refractivity contribution < 1.29 is 0 Å². The van der Waals surface area contributed by atoms with Gasteiger partial charge in [0.05, 0.1) is 0 Å². The number of fused-ring (bicyclic) bond motifs is 4. The van der Waals surface area contributed by atoms with Crippen LogP contribution in [0.4, 0.5) is 0 Å². The minimum Gasteiger partial charge on any atom is -0.316 e. The first-order chi connectivity index (χ1) is 12.8. The van der Waals surface area contributed by atoms with Crippen molar-refractivity contribution in [2.45, 2.75) is 51.4 Å². The van der Waals surface area contributed by atoms with Crippen molar-refractivity contribution in [2.75, 3.05) is 26.2 Å². The van der Waals surface area contributed by atoms with Crippen LogP contribution in [0.25, 0.3) is 0 Å². The molecule has 160 valence electrons. The fraction of sp³-hybridized carbons (Fsp3) is 0.833. The standard InChI is InChI=1S/C24H38N2.2ClH/c1-2-18(14-26-16-24-12-20-6-8-22(24)10-20)4-3-17(1)13-25-15-23-11-19-5-7-21(23)9-19;;/h5-8,17-26H,1-4,9-16H2;2*1H. The van der Waals surface area contributed by atoms with E-state index in [-0.39, 0.29) is 24.8 Å². The molecule has 0 aromatic heterocycles. The minimum atomic E-state index is 0. The van der Waals surface area contributed by atoms with Gasteiger partial charge in [-0.1, -0.05) is 24.3 Å². The Labute approximate surface area is 184 Å².